The van der Waals surface area contributed by atoms with Gasteiger partial charge >= 0.3 is 0 Å². The van der Waals surface area contributed by atoms with E-state index in [0.717, 1.165) is 11.1 Å². The summed E-state index contributed by atoms with van der Waals surface area (Å²) < 4.78 is 16.7. The summed E-state index contributed by atoms with van der Waals surface area (Å²) in [6, 6.07) is 5.40. The summed E-state index contributed by atoms with van der Waals surface area (Å²) in [5, 5.41) is 1.19. The van der Waals surface area contributed by atoms with Crippen LogP contribution in [0.25, 0.3) is 5.57 Å². The van der Waals surface area contributed by atoms with Crippen molar-refractivity contribution in [3.63, 3.8) is 0 Å². The Balaban J connectivity index is 1.93. The van der Waals surface area contributed by atoms with E-state index in [2.05, 4.69) is 13.5 Å². The molecule has 2 aliphatic heterocycles. The van der Waals surface area contributed by atoms with Gasteiger partial charge in [-0.25, -0.2) is 0 Å². The van der Waals surface area contributed by atoms with Crippen molar-refractivity contribution in [2.45, 2.75) is 12.5 Å². The highest BCUT2D eigenvalue weighted by Gasteiger charge is 2.62. The first kappa shape index (κ1) is 14.4. The topological polar surface area (TPSA) is 31.0 Å². The lowest BCUT2D eigenvalue weighted by Crippen LogP contribution is -2.47. The van der Waals surface area contributed by atoms with Crippen molar-refractivity contribution >= 4 is 28.8 Å². The zero-order valence-corrected chi connectivity index (χ0v) is 12.8. The van der Waals surface area contributed by atoms with E-state index in [0.29, 0.717) is 36.7 Å². The maximum absolute atomic E-state index is 6.28. The molecule has 3 nitrogen and oxygen atoms in total. The molecule has 0 spiro atoms. The van der Waals surface area contributed by atoms with Gasteiger partial charge in [0, 0.05) is 10.0 Å². The van der Waals surface area contributed by atoms with Crippen molar-refractivity contribution in [3.05, 3.63) is 40.4 Å². The third-order valence-electron chi connectivity index (χ3n) is 4.16. The van der Waals surface area contributed by atoms with Crippen molar-refractivity contribution < 1.29 is 14.2 Å². The van der Waals surface area contributed by atoms with Gasteiger partial charge in [-0.15, -0.1) is 0 Å². The molecule has 2 saturated heterocycles. The number of ether oxygens (including phenoxy) is 3. The van der Waals surface area contributed by atoms with Gasteiger partial charge < -0.3 is 14.2 Å². The van der Waals surface area contributed by atoms with Crippen LogP contribution in [-0.4, -0.2) is 32.2 Å². The van der Waals surface area contributed by atoms with Crippen LogP contribution in [-0.2, 0) is 14.2 Å². The molecule has 2 aliphatic rings. The first-order valence-electron chi connectivity index (χ1n) is 6.43. The molecule has 0 aliphatic carbocycles. The average Bonchev–Trinajstić information content (AvgIpc) is 3.21. The maximum Gasteiger partial charge on any atom is 0.146 e. The van der Waals surface area contributed by atoms with Crippen molar-refractivity contribution in [2.24, 2.45) is 5.41 Å². The van der Waals surface area contributed by atoms with Crippen LogP contribution in [0.15, 0.2) is 24.8 Å². The fourth-order valence-electron chi connectivity index (χ4n) is 2.78. The third kappa shape index (κ3) is 2.18. The lowest BCUT2D eigenvalue weighted by molar-refractivity contribution is -0.172. The van der Waals surface area contributed by atoms with Crippen molar-refractivity contribution in [2.75, 3.05) is 26.6 Å². The Labute approximate surface area is 128 Å². The molecule has 0 amide bonds. The summed E-state index contributed by atoms with van der Waals surface area (Å²) in [5.41, 5.74) is 0.993. The zero-order valence-electron chi connectivity index (χ0n) is 11.2. The fourth-order valence-corrected chi connectivity index (χ4v) is 3.30. The Hall–Kier alpha value is -0.580. The Morgan fingerprint density at radius 2 is 1.85 bits per heavy atom. The van der Waals surface area contributed by atoms with Crippen LogP contribution in [0.1, 0.15) is 12.5 Å². The molecule has 1 unspecified atom stereocenters. The minimum absolute atomic E-state index is 0.259. The lowest BCUT2D eigenvalue weighted by atomic mass is 9.72. The summed E-state index contributed by atoms with van der Waals surface area (Å²) in [6.45, 7) is 8.40. The van der Waals surface area contributed by atoms with E-state index in [9.17, 15) is 0 Å². The molecule has 0 bridgehead atoms. The molecule has 20 heavy (non-hydrogen) atoms. The number of hydrogen-bond acceptors (Lipinski definition) is 3. The molecule has 0 aromatic heterocycles. The van der Waals surface area contributed by atoms with Crippen molar-refractivity contribution in [3.8, 4) is 0 Å². The number of epoxide rings is 1. The molecular formula is C15H16Cl2O3. The van der Waals surface area contributed by atoms with Gasteiger partial charge in [-0.1, -0.05) is 42.8 Å². The summed E-state index contributed by atoms with van der Waals surface area (Å²) in [6.07, 6.45) is 0. The van der Waals surface area contributed by atoms with E-state index in [4.69, 9.17) is 37.4 Å². The number of hydrogen-bond donors (Lipinski definition) is 0. The second kappa shape index (κ2) is 5.00. The summed E-state index contributed by atoms with van der Waals surface area (Å²) in [4.78, 5) is 0. The number of rotatable bonds is 3. The molecular weight excluding hydrogens is 299 g/mol. The lowest BCUT2D eigenvalue weighted by Gasteiger charge is -2.39. The Morgan fingerprint density at radius 3 is 2.40 bits per heavy atom. The summed E-state index contributed by atoms with van der Waals surface area (Å²) >= 11 is 12.2. The molecule has 108 valence electrons. The van der Waals surface area contributed by atoms with Crippen LogP contribution >= 0.6 is 23.2 Å². The van der Waals surface area contributed by atoms with Gasteiger partial charge in [-0.3, -0.25) is 0 Å². The molecule has 0 N–H and O–H groups in total. The molecule has 2 fully saturated rings. The largest absolute Gasteiger partial charge is 0.364 e. The van der Waals surface area contributed by atoms with Gasteiger partial charge in [0.2, 0.25) is 0 Å². The smallest absolute Gasteiger partial charge is 0.146 e. The average molecular weight is 315 g/mol. The second-order valence-corrected chi connectivity index (χ2v) is 6.44. The van der Waals surface area contributed by atoms with Crippen LogP contribution < -0.4 is 0 Å². The first-order valence-corrected chi connectivity index (χ1v) is 7.18. The number of benzene rings is 1. The van der Waals surface area contributed by atoms with Gasteiger partial charge in [0.25, 0.3) is 0 Å². The molecule has 1 aromatic carbocycles. The Morgan fingerprint density at radius 1 is 1.20 bits per heavy atom. The van der Waals surface area contributed by atoms with Gasteiger partial charge in [-0.2, -0.15) is 0 Å². The summed E-state index contributed by atoms with van der Waals surface area (Å²) in [7, 11) is 0. The van der Waals surface area contributed by atoms with E-state index in [-0.39, 0.29) is 5.41 Å². The van der Waals surface area contributed by atoms with Gasteiger partial charge in [0.05, 0.1) is 25.2 Å². The van der Waals surface area contributed by atoms with Crippen LogP contribution in [0.3, 0.4) is 0 Å². The van der Waals surface area contributed by atoms with Crippen molar-refractivity contribution in [1.82, 2.24) is 0 Å². The molecule has 2 heterocycles. The molecule has 1 atom stereocenters. The van der Waals surface area contributed by atoms with Gasteiger partial charge in [0.1, 0.15) is 12.4 Å². The fraction of sp³-hybridized carbons (Fsp3) is 0.467. The zero-order chi connectivity index (χ0) is 14.4. The minimum atomic E-state index is -0.467. The Bertz CT molecular complexity index is 546. The highest BCUT2D eigenvalue weighted by molar-refractivity contribution is 6.35. The molecule has 0 radical (unpaired) electrons. The van der Waals surface area contributed by atoms with E-state index >= 15 is 0 Å². The molecule has 0 saturated carbocycles. The van der Waals surface area contributed by atoms with E-state index in [1.165, 1.54) is 0 Å². The van der Waals surface area contributed by atoms with E-state index in [1.807, 2.05) is 6.07 Å². The number of halogens is 2. The Kier molecular flexibility index (Phi) is 3.59. The first-order chi connectivity index (χ1) is 9.48. The summed E-state index contributed by atoms with van der Waals surface area (Å²) in [5.74, 6) is 0. The third-order valence-corrected chi connectivity index (χ3v) is 4.71. The van der Waals surface area contributed by atoms with E-state index < -0.39 is 5.60 Å². The quantitative estimate of drug-likeness (QED) is 0.795. The highest BCUT2D eigenvalue weighted by atomic mass is 35.5. The predicted molar refractivity (Wildman–Crippen MR) is 79.1 cm³/mol. The van der Waals surface area contributed by atoms with Crippen LogP contribution in [0.2, 0.25) is 10.0 Å². The SMILES string of the molecule is C=C(c1ccc(Cl)cc1Cl)C1(C2(C)COCOC2)CO1. The van der Waals surface area contributed by atoms with Gasteiger partial charge in [-0.05, 0) is 23.3 Å². The van der Waals surface area contributed by atoms with Crippen LogP contribution in [0, 0.1) is 5.41 Å². The highest BCUT2D eigenvalue weighted by Crippen LogP contribution is 2.54. The monoisotopic (exact) mass is 314 g/mol. The molecule has 3 rings (SSSR count). The van der Waals surface area contributed by atoms with Crippen LogP contribution in [0.5, 0.6) is 0 Å². The maximum atomic E-state index is 6.28. The predicted octanol–water partition coefficient (Wildman–Crippen LogP) is 3.79. The molecule has 5 heteroatoms. The standard InChI is InChI=1S/C15H16Cl2O3/c1-10(12-4-3-11(16)5-13(12)17)15(8-20-15)14(2)6-18-9-19-7-14/h3-5H,1,6-9H2,2H3. The molecule has 1 aromatic rings. The van der Waals surface area contributed by atoms with Gasteiger partial charge in [0.15, 0.2) is 0 Å². The minimum Gasteiger partial charge on any atom is -0.364 e. The van der Waals surface area contributed by atoms with Crippen LogP contribution in [0.4, 0.5) is 0 Å². The second-order valence-electron chi connectivity index (χ2n) is 5.59. The normalized spacial score (nSPS) is 28.1. The van der Waals surface area contributed by atoms with E-state index in [1.54, 1.807) is 12.1 Å². The van der Waals surface area contributed by atoms with Crippen molar-refractivity contribution in [1.29, 1.82) is 0 Å².